The Morgan fingerprint density at radius 1 is 1.05 bits per heavy atom. The van der Waals surface area contributed by atoms with E-state index in [1.165, 1.54) is 49.9 Å². The van der Waals surface area contributed by atoms with Crippen molar-refractivity contribution in [2.24, 2.45) is 46.3 Å². The van der Waals surface area contributed by atoms with E-state index < -0.39 is 16.0 Å². The molecule has 1 heterocycles. The van der Waals surface area contributed by atoms with Crippen LogP contribution in [0.3, 0.4) is 0 Å². The van der Waals surface area contributed by atoms with Crippen LogP contribution in [-0.4, -0.2) is 25.5 Å². The van der Waals surface area contributed by atoms with Crippen LogP contribution in [0.15, 0.2) is 34.5 Å². The summed E-state index contributed by atoms with van der Waals surface area (Å²) >= 11 is 1.36. The van der Waals surface area contributed by atoms with Crippen LogP contribution in [0.5, 0.6) is 0 Å². The van der Waals surface area contributed by atoms with Gasteiger partial charge in [-0.3, -0.25) is 4.79 Å². The summed E-state index contributed by atoms with van der Waals surface area (Å²) < 4.78 is 31.2. The number of rotatable bonds is 7. The largest absolute Gasteiger partial charge is 0.481 e. The molecule has 0 aliphatic heterocycles. The van der Waals surface area contributed by atoms with Crippen LogP contribution in [0.2, 0.25) is 0 Å². The predicted molar refractivity (Wildman–Crippen MR) is 157 cm³/mol. The summed E-state index contributed by atoms with van der Waals surface area (Å²) in [5.74, 6) is 3.31. The van der Waals surface area contributed by atoms with Gasteiger partial charge in [-0.2, -0.15) is 0 Å². The summed E-state index contributed by atoms with van der Waals surface area (Å²) in [5.41, 5.74) is 0.649. The van der Waals surface area contributed by atoms with Crippen LogP contribution in [-0.2, 0) is 14.8 Å². The Balaban J connectivity index is 1.13. The first-order chi connectivity index (χ1) is 18.5. The van der Waals surface area contributed by atoms with Crippen LogP contribution >= 0.6 is 11.3 Å². The normalized spacial score (nSPS) is 39.1. The molecule has 2 aromatic rings. The first kappa shape index (κ1) is 27.7. The highest BCUT2D eigenvalue weighted by Gasteiger charge is 2.60. The van der Waals surface area contributed by atoms with Crippen molar-refractivity contribution in [2.45, 2.75) is 102 Å². The lowest BCUT2D eigenvalue weighted by Crippen LogP contribution is -2.55. The van der Waals surface area contributed by atoms with Gasteiger partial charge in [0.1, 0.15) is 4.21 Å². The summed E-state index contributed by atoms with van der Waals surface area (Å²) in [5, 5.41) is 10.2. The average Bonchev–Trinajstić information content (AvgIpc) is 3.49. The van der Waals surface area contributed by atoms with Crippen molar-refractivity contribution < 1.29 is 18.3 Å². The number of nitrogens with one attached hydrogen (secondary N) is 1. The van der Waals surface area contributed by atoms with Crippen LogP contribution in [0, 0.1) is 46.3 Å². The maximum atomic E-state index is 13.3. The lowest BCUT2D eigenvalue weighted by Gasteiger charge is -2.61. The second-order valence-corrected chi connectivity index (χ2v) is 17.0. The fraction of sp³-hybridized carbons (Fsp3) is 0.719. The Morgan fingerprint density at radius 3 is 2.56 bits per heavy atom. The van der Waals surface area contributed by atoms with Crippen molar-refractivity contribution in [1.82, 2.24) is 4.72 Å². The Bertz CT molecular complexity index is 1300. The zero-order valence-electron chi connectivity index (χ0n) is 23.7. The zero-order chi connectivity index (χ0) is 27.6. The molecule has 4 aliphatic carbocycles. The Hall–Kier alpha value is -1.44. The topological polar surface area (TPSA) is 83.5 Å². The fourth-order valence-corrected chi connectivity index (χ4v) is 13.0. The SMILES string of the molecule is C[C@H](CCC(=O)O)C1CCC2C3CC[C@@H]4C[C@H](NS(=O)(=O)c5cc6ccccc6s5)CC[C@]4(C)C3CC[C@@]21C. The summed E-state index contributed by atoms with van der Waals surface area (Å²) in [6, 6.07) is 9.72. The Labute approximate surface area is 238 Å². The molecule has 1 aromatic carbocycles. The van der Waals surface area contributed by atoms with Gasteiger partial charge in [0, 0.05) is 17.2 Å². The van der Waals surface area contributed by atoms with E-state index in [0.717, 1.165) is 53.5 Å². The van der Waals surface area contributed by atoms with Crippen molar-refractivity contribution in [3.05, 3.63) is 30.3 Å². The molecule has 39 heavy (non-hydrogen) atoms. The minimum atomic E-state index is -3.52. The van der Waals surface area contributed by atoms with E-state index in [1.54, 1.807) is 0 Å². The van der Waals surface area contributed by atoms with Gasteiger partial charge in [0.25, 0.3) is 0 Å². The number of sulfonamides is 1. The van der Waals surface area contributed by atoms with Crippen molar-refractivity contribution in [2.75, 3.05) is 0 Å². The van der Waals surface area contributed by atoms with E-state index in [4.69, 9.17) is 0 Å². The van der Waals surface area contributed by atoms with Crippen molar-refractivity contribution >= 4 is 37.4 Å². The van der Waals surface area contributed by atoms with E-state index in [-0.39, 0.29) is 12.5 Å². The van der Waals surface area contributed by atoms with Gasteiger partial charge in [-0.05, 0) is 128 Å². The zero-order valence-corrected chi connectivity index (χ0v) is 25.3. The van der Waals surface area contributed by atoms with Crippen LogP contribution < -0.4 is 4.72 Å². The third kappa shape index (κ3) is 4.78. The number of carbonyl (C=O) groups is 1. The minimum absolute atomic E-state index is 0.0228. The number of carboxylic acids is 1. The summed E-state index contributed by atoms with van der Waals surface area (Å²) in [6.07, 6.45) is 11.7. The molecule has 6 rings (SSSR count). The predicted octanol–water partition coefficient (Wildman–Crippen LogP) is 7.71. The van der Waals surface area contributed by atoms with E-state index in [0.29, 0.717) is 32.8 Å². The molecular formula is C32H45NO4S2. The monoisotopic (exact) mass is 571 g/mol. The van der Waals surface area contributed by atoms with Gasteiger partial charge in [-0.25, -0.2) is 13.1 Å². The maximum Gasteiger partial charge on any atom is 0.303 e. The molecule has 9 atom stereocenters. The second-order valence-electron chi connectivity index (χ2n) is 14.0. The van der Waals surface area contributed by atoms with Gasteiger partial charge in [0.05, 0.1) is 0 Å². The molecule has 4 fully saturated rings. The molecule has 0 bridgehead atoms. The van der Waals surface area contributed by atoms with Crippen molar-refractivity contribution in [1.29, 1.82) is 0 Å². The molecule has 0 spiro atoms. The molecule has 214 valence electrons. The Morgan fingerprint density at radius 2 is 1.79 bits per heavy atom. The molecule has 5 nitrogen and oxygen atoms in total. The molecule has 4 unspecified atom stereocenters. The fourth-order valence-electron chi connectivity index (χ4n) is 10.3. The molecule has 4 saturated carbocycles. The van der Waals surface area contributed by atoms with Crippen LogP contribution in [0.25, 0.3) is 10.1 Å². The molecule has 4 aliphatic rings. The van der Waals surface area contributed by atoms with Gasteiger partial charge < -0.3 is 5.11 Å². The molecule has 7 heteroatoms. The van der Waals surface area contributed by atoms with Gasteiger partial charge in [-0.1, -0.05) is 39.0 Å². The highest BCUT2D eigenvalue weighted by Crippen LogP contribution is 2.68. The lowest BCUT2D eigenvalue weighted by molar-refractivity contribution is -0.137. The first-order valence-corrected chi connectivity index (χ1v) is 17.5. The van der Waals surface area contributed by atoms with Crippen LogP contribution in [0.4, 0.5) is 0 Å². The number of benzene rings is 1. The quantitative estimate of drug-likeness (QED) is 0.357. The maximum absolute atomic E-state index is 13.3. The average molecular weight is 572 g/mol. The summed E-state index contributed by atoms with van der Waals surface area (Å²) in [7, 11) is -3.52. The third-order valence-electron chi connectivity index (χ3n) is 12.2. The lowest BCUT2D eigenvalue weighted by atomic mass is 9.44. The van der Waals surface area contributed by atoms with Gasteiger partial charge >= 0.3 is 5.97 Å². The van der Waals surface area contributed by atoms with E-state index in [9.17, 15) is 18.3 Å². The Kier molecular flexibility index (Phi) is 7.20. The van der Waals surface area contributed by atoms with Crippen molar-refractivity contribution in [3.8, 4) is 0 Å². The van der Waals surface area contributed by atoms with Gasteiger partial charge in [0.2, 0.25) is 10.0 Å². The van der Waals surface area contributed by atoms with Gasteiger partial charge in [-0.15, -0.1) is 11.3 Å². The molecule has 2 N–H and O–H groups in total. The number of carboxylic acid groups (broad SMARTS) is 1. The van der Waals surface area contributed by atoms with Gasteiger partial charge in [0.15, 0.2) is 0 Å². The first-order valence-electron chi connectivity index (χ1n) is 15.2. The number of aliphatic carboxylic acids is 1. The highest BCUT2D eigenvalue weighted by molar-refractivity contribution is 7.91. The van der Waals surface area contributed by atoms with Crippen LogP contribution in [0.1, 0.15) is 91.4 Å². The molecule has 0 radical (unpaired) electrons. The standard InChI is InChI=1S/C32H45NO4S2/c1-20(8-13-29(34)35)25-11-12-26-24-10-9-22-19-23(14-16-31(22,2)27(24)15-17-32(25,26)3)33-39(36,37)30-18-21-6-4-5-7-28(21)38-30/h4-7,18,20,22-27,33H,8-17,19H2,1-3H3,(H,34,35)/t20-,22-,23-,24?,25?,26?,27?,31+,32-/m1/s1. The molecule has 0 saturated heterocycles. The number of fused-ring (bicyclic) bond motifs is 6. The summed E-state index contributed by atoms with van der Waals surface area (Å²) in [4.78, 5) is 11.2. The number of hydrogen-bond donors (Lipinski definition) is 2. The number of hydrogen-bond acceptors (Lipinski definition) is 4. The van der Waals surface area contributed by atoms with E-state index >= 15 is 0 Å². The smallest absolute Gasteiger partial charge is 0.303 e. The van der Waals surface area contributed by atoms with E-state index in [2.05, 4.69) is 25.5 Å². The minimum Gasteiger partial charge on any atom is -0.481 e. The summed E-state index contributed by atoms with van der Waals surface area (Å²) in [6.45, 7) is 7.37. The molecule has 1 aromatic heterocycles. The van der Waals surface area contributed by atoms with Crippen molar-refractivity contribution in [3.63, 3.8) is 0 Å². The number of thiophene rings is 1. The third-order valence-corrected chi connectivity index (χ3v) is 15.3. The molecular weight excluding hydrogens is 526 g/mol. The van der Waals surface area contributed by atoms with E-state index in [1.807, 2.05) is 30.3 Å². The second kappa shape index (κ2) is 10.1. The highest BCUT2D eigenvalue weighted by atomic mass is 32.2. The molecule has 0 amide bonds.